The Labute approximate surface area is 238 Å². The summed E-state index contributed by atoms with van der Waals surface area (Å²) < 4.78 is 7.21. The minimum Gasteiger partial charge on any atom is -0.410 e. The molecule has 2 atom stereocenters. The summed E-state index contributed by atoms with van der Waals surface area (Å²) in [6, 6.07) is 22.8. The summed E-state index contributed by atoms with van der Waals surface area (Å²) in [7, 11) is 1.83. The van der Waals surface area contributed by atoms with Crippen LogP contribution in [0.4, 0.5) is 4.79 Å². The Bertz CT molecular complexity index is 1510. The molecule has 0 bridgehead atoms. The lowest BCUT2D eigenvalue weighted by Crippen LogP contribution is -2.62. The Hall–Kier alpha value is -4.57. The fraction of sp³-hybridized carbons (Fsp3) is 0.323. The van der Waals surface area contributed by atoms with Crippen molar-refractivity contribution in [3.8, 4) is 5.75 Å². The molecule has 2 amide bonds. The van der Waals surface area contributed by atoms with E-state index >= 15 is 0 Å². The number of nitrogens with zero attached hydrogens (tertiary/aromatic N) is 5. The number of carbonyl (C=O) groups excluding carboxylic acids is 3. The SMILES string of the molecule is Cn1nnc2cc(CCC(=O)[C@@H]3CN(C(=O)Oc4ccccc4)CCN3C(=O)[C@H](N)CCc3ccccc3)ccc21. The first-order valence-electron chi connectivity index (χ1n) is 13.8. The molecule has 1 saturated heterocycles. The van der Waals surface area contributed by atoms with Gasteiger partial charge in [0.1, 0.15) is 17.3 Å². The summed E-state index contributed by atoms with van der Waals surface area (Å²) >= 11 is 0. The first-order valence-corrected chi connectivity index (χ1v) is 13.8. The van der Waals surface area contributed by atoms with Crippen LogP contribution in [0.5, 0.6) is 5.75 Å². The molecule has 10 nitrogen and oxygen atoms in total. The molecule has 0 saturated carbocycles. The van der Waals surface area contributed by atoms with Crippen LogP contribution >= 0.6 is 0 Å². The van der Waals surface area contributed by atoms with Crippen molar-refractivity contribution in [2.24, 2.45) is 12.8 Å². The molecule has 2 heterocycles. The number of carbonyl (C=O) groups is 3. The van der Waals surface area contributed by atoms with E-state index in [1.165, 1.54) is 4.90 Å². The quantitative estimate of drug-likeness (QED) is 0.337. The highest BCUT2D eigenvalue weighted by molar-refractivity contribution is 5.92. The largest absolute Gasteiger partial charge is 0.415 e. The third-order valence-electron chi connectivity index (χ3n) is 7.48. The molecular weight excluding hydrogens is 520 g/mol. The Balaban J connectivity index is 1.28. The van der Waals surface area contributed by atoms with Gasteiger partial charge in [0.2, 0.25) is 5.91 Å². The average Bonchev–Trinajstić information content (AvgIpc) is 3.38. The number of aryl methyl sites for hydroxylation is 3. The summed E-state index contributed by atoms with van der Waals surface area (Å²) in [4.78, 5) is 43.2. The van der Waals surface area contributed by atoms with E-state index in [2.05, 4.69) is 10.3 Å². The molecule has 1 aliphatic rings. The molecule has 1 aromatic heterocycles. The third kappa shape index (κ3) is 6.78. The van der Waals surface area contributed by atoms with Crippen LogP contribution in [0.15, 0.2) is 78.9 Å². The zero-order valence-corrected chi connectivity index (χ0v) is 23.1. The second kappa shape index (κ2) is 12.7. The third-order valence-corrected chi connectivity index (χ3v) is 7.48. The summed E-state index contributed by atoms with van der Waals surface area (Å²) in [5.74, 6) is 0.00243. The van der Waals surface area contributed by atoms with Gasteiger partial charge in [-0.05, 0) is 54.7 Å². The second-order valence-electron chi connectivity index (χ2n) is 10.3. The maximum atomic E-state index is 13.6. The maximum absolute atomic E-state index is 13.6. The van der Waals surface area contributed by atoms with Gasteiger partial charge in [-0.25, -0.2) is 9.48 Å². The van der Waals surface area contributed by atoms with Gasteiger partial charge in [0, 0.05) is 26.6 Å². The highest BCUT2D eigenvalue weighted by atomic mass is 16.6. The van der Waals surface area contributed by atoms with E-state index in [9.17, 15) is 14.4 Å². The van der Waals surface area contributed by atoms with Gasteiger partial charge in [0.15, 0.2) is 5.78 Å². The molecular formula is C31H34N6O4. The molecule has 0 radical (unpaired) electrons. The molecule has 0 aliphatic carbocycles. The maximum Gasteiger partial charge on any atom is 0.415 e. The number of para-hydroxylation sites is 1. The number of rotatable bonds is 9. The van der Waals surface area contributed by atoms with Crippen molar-refractivity contribution in [3.63, 3.8) is 0 Å². The fourth-order valence-corrected chi connectivity index (χ4v) is 5.12. The number of nitrogens with two attached hydrogens (primary N) is 1. The number of piperazine rings is 1. The number of amides is 2. The van der Waals surface area contributed by atoms with Crippen LogP contribution < -0.4 is 10.5 Å². The van der Waals surface area contributed by atoms with Gasteiger partial charge in [0.25, 0.3) is 0 Å². The number of Topliss-reactive ketones (excluding diaryl/α,β-unsaturated/α-hetero) is 1. The molecule has 5 rings (SSSR count). The first kappa shape index (κ1) is 28.0. The number of aromatic nitrogens is 3. The molecule has 212 valence electrons. The van der Waals surface area contributed by atoms with E-state index in [0.29, 0.717) is 25.0 Å². The lowest BCUT2D eigenvalue weighted by Gasteiger charge is -2.41. The van der Waals surface area contributed by atoms with E-state index in [0.717, 1.165) is 22.2 Å². The lowest BCUT2D eigenvalue weighted by molar-refractivity contribution is -0.143. The van der Waals surface area contributed by atoms with Crippen LogP contribution in [-0.2, 0) is 29.5 Å². The molecule has 1 fully saturated rings. The van der Waals surface area contributed by atoms with Crippen molar-refractivity contribution in [2.75, 3.05) is 19.6 Å². The van der Waals surface area contributed by atoms with Gasteiger partial charge in [-0.1, -0.05) is 59.8 Å². The fourth-order valence-electron chi connectivity index (χ4n) is 5.12. The number of hydrogen-bond acceptors (Lipinski definition) is 7. The minimum absolute atomic E-state index is 0.0465. The average molecular weight is 555 g/mol. The van der Waals surface area contributed by atoms with Gasteiger partial charge in [-0.2, -0.15) is 0 Å². The van der Waals surface area contributed by atoms with E-state index < -0.39 is 18.2 Å². The van der Waals surface area contributed by atoms with Crippen molar-refractivity contribution in [1.29, 1.82) is 0 Å². The summed E-state index contributed by atoms with van der Waals surface area (Å²) in [5, 5.41) is 8.19. The van der Waals surface area contributed by atoms with Gasteiger partial charge in [0.05, 0.1) is 18.1 Å². The summed E-state index contributed by atoms with van der Waals surface area (Å²) in [6.45, 7) is 0.491. The van der Waals surface area contributed by atoms with Gasteiger partial charge >= 0.3 is 6.09 Å². The molecule has 1 aliphatic heterocycles. The molecule has 3 aromatic carbocycles. The predicted octanol–water partition coefficient (Wildman–Crippen LogP) is 3.14. The predicted molar refractivity (Wildman–Crippen MR) is 154 cm³/mol. The highest BCUT2D eigenvalue weighted by Gasteiger charge is 2.38. The molecule has 41 heavy (non-hydrogen) atoms. The number of benzene rings is 3. The first-order chi connectivity index (χ1) is 19.9. The Morgan fingerprint density at radius 1 is 0.951 bits per heavy atom. The zero-order valence-electron chi connectivity index (χ0n) is 23.1. The van der Waals surface area contributed by atoms with Crippen LogP contribution in [-0.4, -0.2) is 74.3 Å². The monoisotopic (exact) mass is 554 g/mol. The van der Waals surface area contributed by atoms with Crippen LogP contribution in [0.1, 0.15) is 24.0 Å². The Morgan fingerprint density at radius 3 is 2.44 bits per heavy atom. The number of fused-ring (bicyclic) bond motifs is 1. The van der Waals surface area contributed by atoms with Gasteiger partial charge in [-0.15, -0.1) is 5.10 Å². The molecule has 4 aromatic rings. The summed E-state index contributed by atoms with van der Waals surface area (Å²) in [5.41, 5.74) is 10.1. The normalized spacial score (nSPS) is 16.0. The van der Waals surface area contributed by atoms with E-state index in [1.54, 1.807) is 33.8 Å². The summed E-state index contributed by atoms with van der Waals surface area (Å²) in [6.07, 6.45) is 1.22. The van der Waals surface area contributed by atoms with Crippen molar-refractivity contribution in [3.05, 3.63) is 90.0 Å². The van der Waals surface area contributed by atoms with E-state index in [4.69, 9.17) is 10.5 Å². The smallest absolute Gasteiger partial charge is 0.410 e. The zero-order chi connectivity index (χ0) is 28.8. The van der Waals surface area contributed by atoms with Crippen LogP contribution in [0.2, 0.25) is 0 Å². The van der Waals surface area contributed by atoms with Crippen LogP contribution in [0.3, 0.4) is 0 Å². The van der Waals surface area contributed by atoms with Crippen molar-refractivity contribution >= 4 is 28.8 Å². The van der Waals surface area contributed by atoms with Crippen LogP contribution in [0, 0.1) is 0 Å². The molecule has 10 heteroatoms. The standard InChI is InChI=1S/C31H34N6O4/c1-35-27-16-13-23(20-26(27)33-34-35)14-17-29(38)28-21-36(31(40)41-24-10-6-3-7-11-24)18-19-37(28)30(39)25(32)15-12-22-8-4-2-5-9-22/h2-11,13,16,20,25,28H,12,14-15,17-19,21,32H2,1H3/t25-,28+/m1/s1. The highest BCUT2D eigenvalue weighted by Crippen LogP contribution is 2.20. The Morgan fingerprint density at radius 2 is 1.68 bits per heavy atom. The number of ketones is 1. The number of ether oxygens (including phenoxy) is 1. The second-order valence-corrected chi connectivity index (χ2v) is 10.3. The van der Waals surface area contributed by atoms with Gasteiger partial charge < -0.3 is 20.3 Å². The molecule has 2 N–H and O–H groups in total. The lowest BCUT2D eigenvalue weighted by atomic mass is 9.98. The van der Waals surface area contributed by atoms with Crippen molar-refractivity contribution in [2.45, 2.75) is 37.8 Å². The van der Waals surface area contributed by atoms with Crippen LogP contribution in [0.25, 0.3) is 11.0 Å². The van der Waals surface area contributed by atoms with E-state index in [-0.39, 0.29) is 37.7 Å². The number of hydrogen-bond donors (Lipinski definition) is 1. The van der Waals surface area contributed by atoms with Gasteiger partial charge in [-0.3, -0.25) is 9.59 Å². The van der Waals surface area contributed by atoms with Crippen molar-refractivity contribution < 1.29 is 19.1 Å². The topological polar surface area (TPSA) is 124 Å². The Kier molecular flexibility index (Phi) is 8.69. The molecule has 0 unspecified atom stereocenters. The molecule has 0 spiro atoms. The van der Waals surface area contributed by atoms with E-state index in [1.807, 2.05) is 61.6 Å². The van der Waals surface area contributed by atoms with Crippen molar-refractivity contribution in [1.82, 2.24) is 24.8 Å². The minimum atomic E-state index is -0.817.